The van der Waals surface area contributed by atoms with Gasteiger partial charge in [-0.1, -0.05) is 0 Å². The maximum absolute atomic E-state index is 13.1. The maximum Gasteiger partial charge on any atom is 0.236 e. The molecule has 0 saturated carbocycles. The monoisotopic (exact) mass is 413 g/mol. The summed E-state index contributed by atoms with van der Waals surface area (Å²) in [6, 6.07) is 7.86. The van der Waals surface area contributed by atoms with Crippen LogP contribution in [0, 0.1) is 5.82 Å². The molecular formula is C22H28FN5O2. The summed E-state index contributed by atoms with van der Waals surface area (Å²) >= 11 is 0. The van der Waals surface area contributed by atoms with Gasteiger partial charge in [-0.3, -0.25) is 9.69 Å². The van der Waals surface area contributed by atoms with E-state index in [-0.39, 0.29) is 11.7 Å². The van der Waals surface area contributed by atoms with Crippen molar-refractivity contribution in [3.63, 3.8) is 0 Å². The van der Waals surface area contributed by atoms with Gasteiger partial charge in [0.15, 0.2) is 0 Å². The van der Waals surface area contributed by atoms with Gasteiger partial charge in [-0.05, 0) is 50.5 Å². The molecule has 0 radical (unpaired) electrons. The normalized spacial score (nSPS) is 20.3. The Hall–Kier alpha value is -2.74. The van der Waals surface area contributed by atoms with E-state index in [4.69, 9.17) is 4.74 Å². The lowest BCUT2D eigenvalue weighted by molar-refractivity contribution is -0.135. The summed E-state index contributed by atoms with van der Waals surface area (Å²) in [5.74, 6) is 1.48. The molecular weight excluding hydrogens is 385 g/mol. The van der Waals surface area contributed by atoms with E-state index in [0.717, 1.165) is 45.6 Å². The second-order valence-corrected chi connectivity index (χ2v) is 7.95. The second kappa shape index (κ2) is 9.38. The zero-order chi connectivity index (χ0) is 20.9. The summed E-state index contributed by atoms with van der Waals surface area (Å²) in [6.07, 6.45) is 5.09. The first-order chi connectivity index (χ1) is 14.6. The van der Waals surface area contributed by atoms with E-state index in [9.17, 15) is 9.18 Å². The van der Waals surface area contributed by atoms with Crippen molar-refractivity contribution in [3.05, 3.63) is 42.3 Å². The molecule has 0 aliphatic carbocycles. The zero-order valence-corrected chi connectivity index (χ0v) is 17.3. The van der Waals surface area contributed by atoms with Crippen LogP contribution >= 0.6 is 0 Å². The van der Waals surface area contributed by atoms with Gasteiger partial charge in [0.2, 0.25) is 17.7 Å². The van der Waals surface area contributed by atoms with Crippen LogP contribution in [0.3, 0.4) is 0 Å². The van der Waals surface area contributed by atoms with Crippen molar-refractivity contribution in [1.29, 1.82) is 0 Å². The lowest BCUT2D eigenvalue weighted by atomic mass is 10.0. The van der Waals surface area contributed by atoms with Crippen molar-refractivity contribution in [2.45, 2.75) is 32.2 Å². The number of rotatable bonds is 5. The predicted octanol–water partition coefficient (Wildman–Crippen LogP) is 2.93. The van der Waals surface area contributed by atoms with Crippen molar-refractivity contribution in [2.75, 3.05) is 44.2 Å². The van der Waals surface area contributed by atoms with Gasteiger partial charge in [0, 0.05) is 51.0 Å². The highest BCUT2D eigenvalue weighted by Gasteiger charge is 2.26. The number of nitrogens with zero attached hydrogens (tertiary/aromatic N) is 5. The molecule has 4 rings (SSSR count). The molecule has 3 heterocycles. The predicted molar refractivity (Wildman–Crippen MR) is 112 cm³/mol. The molecule has 160 valence electrons. The Morgan fingerprint density at radius 3 is 2.60 bits per heavy atom. The molecule has 2 aliphatic rings. The number of piperazine rings is 1. The topological polar surface area (TPSA) is 61.8 Å². The fourth-order valence-corrected chi connectivity index (χ4v) is 4.02. The highest BCUT2D eigenvalue weighted by atomic mass is 19.1. The molecule has 2 aromatic rings. The van der Waals surface area contributed by atoms with Crippen LogP contribution < -0.4 is 9.64 Å². The van der Waals surface area contributed by atoms with Gasteiger partial charge < -0.3 is 14.5 Å². The molecule has 2 aliphatic heterocycles. The van der Waals surface area contributed by atoms with Gasteiger partial charge in [-0.25, -0.2) is 9.37 Å². The SMILES string of the molecule is CC1CCCCN1C(=O)CN1CCN(c2nccc(Oc3ccc(F)cc3)n2)CC1. The molecule has 0 spiro atoms. The average Bonchev–Trinajstić information content (AvgIpc) is 2.76. The highest BCUT2D eigenvalue weighted by Crippen LogP contribution is 2.22. The van der Waals surface area contributed by atoms with Gasteiger partial charge in [0.25, 0.3) is 0 Å². The van der Waals surface area contributed by atoms with Crippen LogP contribution in [0.5, 0.6) is 11.6 Å². The third-order valence-corrected chi connectivity index (χ3v) is 5.79. The molecule has 7 nitrogen and oxygen atoms in total. The van der Waals surface area contributed by atoms with Crippen molar-refractivity contribution >= 4 is 11.9 Å². The van der Waals surface area contributed by atoms with E-state index >= 15 is 0 Å². The van der Waals surface area contributed by atoms with Gasteiger partial charge in [0.1, 0.15) is 11.6 Å². The Labute approximate surface area is 176 Å². The van der Waals surface area contributed by atoms with Crippen molar-refractivity contribution in [2.24, 2.45) is 0 Å². The smallest absolute Gasteiger partial charge is 0.236 e. The van der Waals surface area contributed by atoms with E-state index in [1.165, 1.54) is 18.6 Å². The maximum atomic E-state index is 13.1. The molecule has 1 amide bonds. The first-order valence-corrected chi connectivity index (χ1v) is 10.6. The second-order valence-electron chi connectivity index (χ2n) is 7.95. The number of piperidine rings is 1. The lowest BCUT2D eigenvalue weighted by Crippen LogP contribution is -2.52. The third-order valence-electron chi connectivity index (χ3n) is 5.79. The summed E-state index contributed by atoms with van der Waals surface area (Å²) in [7, 11) is 0. The van der Waals surface area contributed by atoms with Crippen molar-refractivity contribution in [3.8, 4) is 11.6 Å². The first kappa shape index (κ1) is 20.5. The molecule has 2 saturated heterocycles. The van der Waals surface area contributed by atoms with E-state index < -0.39 is 0 Å². The standard InChI is InChI=1S/C22H28FN5O2/c1-17-4-2-3-11-28(17)21(29)16-26-12-14-27(15-13-26)22-24-10-9-20(25-22)30-19-7-5-18(23)6-8-19/h5-10,17H,2-4,11-16H2,1H3. The number of hydrogen-bond donors (Lipinski definition) is 0. The quantitative estimate of drug-likeness (QED) is 0.751. The minimum atomic E-state index is -0.308. The first-order valence-electron chi connectivity index (χ1n) is 10.6. The summed E-state index contributed by atoms with van der Waals surface area (Å²) in [6.45, 7) is 6.60. The van der Waals surface area contributed by atoms with E-state index in [2.05, 4.69) is 26.7 Å². The van der Waals surface area contributed by atoms with Crippen LogP contribution in [0.15, 0.2) is 36.5 Å². The number of ether oxygens (including phenoxy) is 1. The number of hydrogen-bond acceptors (Lipinski definition) is 6. The third kappa shape index (κ3) is 5.05. The van der Waals surface area contributed by atoms with E-state index in [1.54, 1.807) is 24.4 Å². The molecule has 1 aromatic carbocycles. The summed E-state index contributed by atoms with van der Waals surface area (Å²) in [5, 5.41) is 0. The minimum Gasteiger partial charge on any atom is -0.439 e. The van der Waals surface area contributed by atoms with E-state index in [1.807, 2.05) is 4.90 Å². The number of aromatic nitrogens is 2. The number of carbonyl (C=O) groups excluding carboxylic acids is 1. The van der Waals surface area contributed by atoms with Crippen LogP contribution in [-0.4, -0.2) is 71.0 Å². The van der Waals surface area contributed by atoms with Crippen LogP contribution in [0.1, 0.15) is 26.2 Å². The summed E-state index contributed by atoms with van der Waals surface area (Å²) in [4.78, 5) is 27.9. The van der Waals surface area contributed by atoms with Gasteiger partial charge in [0.05, 0.1) is 6.54 Å². The van der Waals surface area contributed by atoms with Gasteiger partial charge in [-0.15, -0.1) is 0 Å². The average molecular weight is 413 g/mol. The number of anilines is 1. The zero-order valence-electron chi connectivity index (χ0n) is 17.3. The van der Waals surface area contributed by atoms with Crippen LogP contribution in [0.2, 0.25) is 0 Å². The van der Waals surface area contributed by atoms with E-state index in [0.29, 0.717) is 30.2 Å². The number of amides is 1. The molecule has 0 N–H and O–H groups in total. The molecule has 8 heteroatoms. The largest absolute Gasteiger partial charge is 0.439 e. The number of benzene rings is 1. The van der Waals surface area contributed by atoms with Crippen LogP contribution in [0.4, 0.5) is 10.3 Å². The molecule has 1 unspecified atom stereocenters. The fraction of sp³-hybridized carbons (Fsp3) is 0.500. The Morgan fingerprint density at radius 2 is 1.87 bits per heavy atom. The Bertz CT molecular complexity index is 855. The minimum absolute atomic E-state index is 0.238. The molecule has 1 atom stereocenters. The molecule has 30 heavy (non-hydrogen) atoms. The summed E-state index contributed by atoms with van der Waals surface area (Å²) < 4.78 is 18.8. The Morgan fingerprint density at radius 1 is 1.10 bits per heavy atom. The Kier molecular flexibility index (Phi) is 6.42. The number of likely N-dealkylation sites (tertiary alicyclic amines) is 1. The molecule has 1 aromatic heterocycles. The van der Waals surface area contributed by atoms with Crippen molar-refractivity contribution < 1.29 is 13.9 Å². The van der Waals surface area contributed by atoms with Crippen LogP contribution in [-0.2, 0) is 4.79 Å². The van der Waals surface area contributed by atoms with Crippen LogP contribution in [0.25, 0.3) is 0 Å². The number of halogens is 1. The summed E-state index contributed by atoms with van der Waals surface area (Å²) in [5.41, 5.74) is 0. The lowest BCUT2D eigenvalue weighted by Gasteiger charge is -2.38. The fourth-order valence-electron chi connectivity index (χ4n) is 4.02. The number of carbonyl (C=O) groups is 1. The molecule has 0 bridgehead atoms. The molecule has 2 fully saturated rings. The Balaban J connectivity index is 1.30. The van der Waals surface area contributed by atoms with Gasteiger partial charge >= 0.3 is 0 Å². The van der Waals surface area contributed by atoms with Gasteiger partial charge in [-0.2, -0.15) is 4.98 Å². The van der Waals surface area contributed by atoms with Crippen molar-refractivity contribution in [1.82, 2.24) is 19.8 Å². The highest BCUT2D eigenvalue weighted by molar-refractivity contribution is 5.78.